The summed E-state index contributed by atoms with van der Waals surface area (Å²) >= 11 is 2.99. The Balaban J connectivity index is 1.35. The molecule has 0 atom stereocenters. The minimum atomic E-state index is -0.0975. The molecule has 1 aliphatic rings. The van der Waals surface area contributed by atoms with Crippen LogP contribution in [-0.2, 0) is 6.54 Å². The summed E-state index contributed by atoms with van der Waals surface area (Å²) in [5.41, 5.74) is 1.94. The molecule has 6 nitrogen and oxygen atoms in total. The van der Waals surface area contributed by atoms with Gasteiger partial charge in [-0.15, -0.1) is 22.7 Å². The van der Waals surface area contributed by atoms with Crippen molar-refractivity contribution in [3.8, 4) is 11.5 Å². The zero-order chi connectivity index (χ0) is 16.1. The normalized spacial score (nSPS) is 13.0. The Labute approximate surface area is 144 Å². The molecule has 0 spiro atoms. The van der Waals surface area contributed by atoms with Gasteiger partial charge in [0.05, 0.1) is 10.4 Å². The Kier molecular flexibility index (Phi) is 3.00. The minimum Gasteiger partial charge on any atom is -0.454 e. The Morgan fingerprint density at radius 3 is 3.17 bits per heavy atom. The summed E-state index contributed by atoms with van der Waals surface area (Å²) in [7, 11) is 0. The number of ether oxygens (including phenoxy) is 2. The predicted molar refractivity (Wildman–Crippen MR) is 92.2 cm³/mol. The highest BCUT2D eigenvalue weighted by Gasteiger charge is 2.16. The van der Waals surface area contributed by atoms with E-state index in [1.807, 2.05) is 40.2 Å². The molecule has 0 saturated heterocycles. The third kappa shape index (κ3) is 2.15. The van der Waals surface area contributed by atoms with Gasteiger partial charge in [-0.2, -0.15) is 0 Å². The molecule has 0 saturated carbocycles. The van der Waals surface area contributed by atoms with Crippen molar-refractivity contribution in [2.45, 2.75) is 6.54 Å². The summed E-state index contributed by atoms with van der Waals surface area (Å²) < 4.78 is 12.6. The molecule has 0 bridgehead atoms. The largest absolute Gasteiger partial charge is 0.454 e. The average Bonchev–Trinajstić information content (AvgIpc) is 3.32. The van der Waals surface area contributed by atoms with Gasteiger partial charge in [-0.05, 0) is 23.8 Å². The number of thiazole rings is 1. The van der Waals surface area contributed by atoms with E-state index in [0.29, 0.717) is 11.4 Å². The Morgan fingerprint density at radius 2 is 2.21 bits per heavy atom. The molecule has 24 heavy (non-hydrogen) atoms. The first-order valence-corrected chi connectivity index (χ1v) is 8.99. The lowest BCUT2D eigenvalue weighted by Crippen LogP contribution is -2.21. The van der Waals surface area contributed by atoms with Gasteiger partial charge in [-0.25, -0.2) is 4.98 Å². The number of amides is 1. The van der Waals surface area contributed by atoms with E-state index in [-0.39, 0.29) is 12.7 Å². The number of imidazole rings is 1. The Morgan fingerprint density at radius 1 is 1.29 bits per heavy atom. The number of carbonyl (C=O) groups is 1. The molecule has 1 aromatic carbocycles. The molecule has 1 N–H and O–H groups in total. The molecule has 0 unspecified atom stereocenters. The molecule has 0 fully saturated rings. The first kappa shape index (κ1) is 13.8. The molecule has 120 valence electrons. The van der Waals surface area contributed by atoms with E-state index in [1.54, 1.807) is 11.3 Å². The van der Waals surface area contributed by atoms with Crippen LogP contribution in [0, 0.1) is 0 Å². The lowest BCUT2D eigenvalue weighted by atomic mass is 10.2. The highest BCUT2D eigenvalue weighted by molar-refractivity contribution is 7.21. The van der Waals surface area contributed by atoms with Crippen molar-refractivity contribution >= 4 is 43.9 Å². The van der Waals surface area contributed by atoms with E-state index in [2.05, 4.69) is 10.3 Å². The number of rotatable bonds is 3. The van der Waals surface area contributed by atoms with Crippen molar-refractivity contribution in [1.29, 1.82) is 0 Å². The van der Waals surface area contributed by atoms with Gasteiger partial charge in [0.25, 0.3) is 5.91 Å². The van der Waals surface area contributed by atoms with Crippen LogP contribution in [0.25, 0.3) is 15.3 Å². The van der Waals surface area contributed by atoms with Crippen molar-refractivity contribution in [3.05, 3.63) is 46.3 Å². The van der Waals surface area contributed by atoms with Crippen LogP contribution in [0.3, 0.4) is 0 Å². The topological polar surface area (TPSA) is 64.9 Å². The number of benzene rings is 1. The summed E-state index contributed by atoms with van der Waals surface area (Å²) in [6, 6.07) is 7.56. The predicted octanol–water partition coefficient (Wildman–Crippen LogP) is 3.27. The maximum absolute atomic E-state index is 12.4. The number of nitrogens with zero attached hydrogens (tertiary/aromatic N) is 2. The number of hydrogen-bond donors (Lipinski definition) is 1. The number of carbonyl (C=O) groups excluding carboxylic acids is 1. The molecule has 0 aliphatic carbocycles. The van der Waals surface area contributed by atoms with E-state index >= 15 is 0 Å². The Hall–Kier alpha value is -2.58. The maximum Gasteiger partial charge on any atom is 0.261 e. The van der Waals surface area contributed by atoms with Gasteiger partial charge in [-0.1, -0.05) is 6.07 Å². The van der Waals surface area contributed by atoms with Crippen LogP contribution in [0.1, 0.15) is 15.2 Å². The average molecular weight is 357 g/mol. The van der Waals surface area contributed by atoms with Crippen LogP contribution < -0.4 is 14.8 Å². The second kappa shape index (κ2) is 5.22. The SMILES string of the molecule is O=C(NCc1ccc2c(c1)OCO2)c1cc2c(nc3sccn32)s1. The van der Waals surface area contributed by atoms with Gasteiger partial charge in [0.2, 0.25) is 6.79 Å². The summed E-state index contributed by atoms with van der Waals surface area (Å²) in [4.78, 5) is 19.4. The van der Waals surface area contributed by atoms with Crippen molar-refractivity contribution in [3.63, 3.8) is 0 Å². The van der Waals surface area contributed by atoms with Gasteiger partial charge in [0.15, 0.2) is 16.5 Å². The van der Waals surface area contributed by atoms with Gasteiger partial charge in [0, 0.05) is 18.1 Å². The monoisotopic (exact) mass is 357 g/mol. The molecule has 3 aromatic heterocycles. The molecule has 1 amide bonds. The van der Waals surface area contributed by atoms with Crippen molar-refractivity contribution in [1.82, 2.24) is 14.7 Å². The highest BCUT2D eigenvalue weighted by atomic mass is 32.1. The second-order valence-electron chi connectivity index (χ2n) is 5.34. The molecule has 1 aliphatic heterocycles. The summed E-state index contributed by atoms with van der Waals surface area (Å²) in [5.74, 6) is 1.36. The fraction of sp³-hybridized carbons (Fsp3) is 0.125. The molecular formula is C16H11N3O3S2. The van der Waals surface area contributed by atoms with Gasteiger partial charge in [-0.3, -0.25) is 9.20 Å². The summed E-state index contributed by atoms with van der Waals surface area (Å²) in [5, 5.41) is 4.92. The standard InChI is InChI=1S/C16H11N3O3S2/c20-14(17-7-9-1-2-11-12(5-9)22-8-21-11)13-6-10-15(24-13)18-16-19(10)3-4-23-16/h1-6H,7-8H2,(H,17,20). The molecule has 4 heterocycles. The van der Waals surface area contributed by atoms with Gasteiger partial charge >= 0.3 is 0 Å². The highest BCUT2D eigenvalue weighted by Crippen LogP contribution is 2.32. The van der Waals surface area contributed by atoms with Crippen molar-refractivity contribution in [2.75, 3.05) is 6.79 Å². The van der Waals surface area contributed by atoms with Crippen molar-refractivity contribution in [2.24, 2.45) is 0 Å². The molecule has 5 rings (SSSR count). The maximum atomic E-state index is 12.4. The van der Waals surface area contributed by atoms with Crippen LogP contribution in [0.15, 0.2) is 35.8 Å². The van der Waals surface area contributed by atoms with Crippen LogP contribution in [0.5, 0.6) is 11.5 Å². The van der Waals surface area contributed by atoms with E-state index in [1.165, 1.54) is 11.3 Å². The number of hydrogen-bond acceptors (Lipinski definition) is 6. The lowest BCUT2D eigenvalue weighted by Gasteiger charge is -2.05. The molecular weight excluding hydrogens is 346 g/mol. The fourth-order valence-corrected chi connectivity index (χ4v) is 4.40. The third-order valence-electron chi connectivity index (χ3n) is 3.85. The molecule has 8 heteroatoms. The van der Waals surface area contributed by atoms with Crippen LogP contribution in [-0.4, -0.2) is 22.1 Å². The molecule has 4 aromatic rings. The van der Waals surface area contributed by atoms with Crippen LogP contribution >= 0.6 is 22.7 Å². The van der Waals surface area contributed by atoms with Crippen LogP contribution in [0.2, 0.25) is 0 Å². The first-order chi connectivity index (χ1) is 11.8. The number of aromatic nitrogens is 2. The summed E-state index contributed by atoms with van der Waals surface area (Å²) in [6.07, 6.45) is 1.97. The van der Waals surface area contributed by atoms with Gasteiger partial charge < -0.3 is 14.8 Å². The quantitative estimate of drug-likeness (QED) is 0.611. The van der Waals surface area contributed by atoms with Gasteiger partial charge in [0.1, 0.15) is 4.83 Å². The second-order valence-corrected chi connectivity index (χ2v) is 7.24. The molecule has 0 radical (unpaired) electrons. The lowest BCUT2D eigenvalue weighted by molar-refractivity contribution is 0.0955. The van der Waals surface area contributed by atoms with Crippen molar-refractivity contribution < 1.29 is 14.3 Å². The number of nitrogens with one attached hydrogen (secondary N) is 1. The van der Waals surface area contributed by atoms with E-state index < -0.39 is 0 Å². The zero-order valence-corrected chi connectivity index (χ0v) is 13.9. The first-order valence-electron chi connectivity index (χ1n) is 7.30. The van der Waals surface area contributed by atoms with Crippen LogP contribution in [0.4, 0.5) is 0 Å². The number of fused-ring (bicyclic) bond motifs is 4. The van der Waals surface area contributed by atoms with E-state index in [9.17, 15) is 4.79 Å². The minimum absolute atomic E-state index is 0.0975. The smallest absolute Gasteiger partial charge is 0.261 e. The fourth-order valence-electron chi connectivity index (χ4n) is 2.68. The van der Waals surface area contributed by atoms with E-state index in [4.69, 9.17) is 9.47 Å². The Bertz CT molecular complexity index is 1080. The summed E-state index contributed by atoms with van der Waals surface area (Å²) in [6.45, 7) is 0.684. The number of thiophene rings is 1. The van der Waals surface area contributed by atoms with E-state index in [0.717, 1.165) is 32.4 Å². The third-order valence-corrected chi connectivity index (χ3v) is 5.63. The zero-order valence-electron chi connectivity index (χ0n) is 12.3.